The molecular weight excluding hydrogens is 496 g/mol. The summed E-state index contributed by atoms with van der Waals surface area (Å²) in [4.78, 5) is 32.6. The van der Waals surface area contributed by atoms with Crippen molar-refractivity contribution in [3.8, 4) is 11.3 Å². The molecule has 3 unspecified atom stereocenters. The van der Waals surface area contributed by atoms with Crippen molar-refractivity contribution >= 4 is 38.8 Å². The third kappa shape index (κ3) is 3.73. The third-order valence-electron chi connectivity index (χ3n) is 7.75. The van der Waals surface area contributed by atoms with Crippen LogP contribution in [0.25, 0.3) is 21.3 Å². The zero-order chi connectivity index (χ0) is 26.6. The summed E-state index contributed by atoms with van der Waals surface area (Å²) < 4.78 is 0.720. The van der Waals surface area contributed by atoms with Gasteiger partial charge in [-0.05, 0) is 55.1 Å². The molecule has 0 spiro atoms. The van der Waals surface area contributed by atoms with Crippen LogP contribution in [0.2, 0.25) is 0 Å². The smallest absolute Gasteiger partial charge is 0.262 e. The van der Waals surface area contributed by atoms with Crippen LogP contribution in [0, 0.1) is 6.92 Å². The van der Waals surface area contributed by atoms with E-state index in [9.17, 15) is 9.59 Å². The molecule has 1 aliphatic heterocycles. The summed E-state index contributed by atoms with van der Waals surface area (Å²) in [5.74, 6) is -0.601. The fourth-order valence-corrected chi connectivity index (χ4v) is 6.97. The molecule has 1 amide bonds. The minimum absolute atomic E-state index is 0.0190. The van der Waals surface area contributed by atoms with Gasteiger partial charge in [-0.25, -0.2) is 0 Å². The van der Waals surface area contributed by atoms with Crippen molar-refractivity contribution in [3.63, 3.8) is 0 Å². The van der Waals surface area contributed by atoms with Crippen molar-refractivity contribution in [3.05, 3.63) is 81.9 Å². The van der Waals surface area contributed by atoms with E-state index in [0.29, 0.717) is 44.9 Å². The number of thiophene rings is 1. The molecule has 4 aromatic rings. The molecule has 2 aromatic carbocycles. The highest BCUT2D eigenvalue weighted by atomic mass is 32.1. The van der Waals surface area contributed by atoms with Crippen LogP contribution in [0.15, 0.2) is 54.7 Å². The zero-order valence-electron chi connectivity index (χ0n) is 21.1. The molecule has 2 aliphatic rings. The van der Waals surface area contributed by atoms with Crippen LogP contribution in [0.4, 0.5) is 5.69 Å². The lowest BCUT2D eigenvalue weighted by molar-refractivity contribution is -0.124. The van der Waals surface area contributed by atoms with Gasteiger partial charge in [0.05, 0.1) is 21.3 Å². The van der Waals surface area contributed by atoms with E-state index in [1.54, 1.807) is 18.3 Å². The number of aryl methyl sites for hydroxylation is 1. The number of pyridine rings is 1. The van der Waals surface area contributed by atoms with Gasteiger partial charge in [0.2, 0.25) is 0 Å². The molecule has 1 saturated heterocycles. The Bertz CT molecular complexity index is 1580. The van der Waals surface area contributed by atoms with Gasteiger partial charge in [0.25, 0.3) is 5.91 Å². The topological polar surface area (TPSA) is 149 Å². The molecule has 0 saturated carbocycles. The van der Waals surface area contributed by atoms with Crippen molar-refractivity contribution in [2.75, 3.05) is 18.8 Å². The van der Waals surface area contributed by atoms with Crippen molar-refractivity contribution in [2.45, 2.75) is 37.4 Å². The number of anilines is 1. The van der Waals surface area contributed by atoms with E-state index in [0.717, 1.165) is 35.2 Å². The average molecular weight is 527 g/mol. The van der Waals surface area contributed by atoms with Gasteiger partial charge in [0.15, 0.2) is 5.78 Å². The van der Waals surface area contributed by atoms with E-state index in [1.807, 2.05) is 43.3 Å². The number of hydrogen-bond donors (Lipinski definition) is 5. The number of aromatic nitrogens is 1. The van der Waals surface area contributed by atoms with Crippen molar-refractivity contribution in [1.82, 2.24) is 15.6 Å². The summed E-state index contributed by atoms with van der Waals surface area (Å²) in [5, 5.41) is 7.13. The van der Waals surface area contributed by atoms with Crippen molar-refractivity contribution in [2.24, 2.45) is 11.5 Å². The lowest BCUT2D eigenvalue weighted by Gasteiger charge is -2.37. The minimum atomic E-state index is -1.53. The Kier molecular flexibility index (Phi) is 6.03. The molecule has 8 N–H and O–H groups in total. The van der Waals surface area contributed by atoms with Crippen LogP contribution >= 0.6 is 11.3 Å². The summed E-state index contributed by atoms with van der Waals surface area (Å²) in [7, 11) is 0. The third-order valence-corrected chi connectivity index (χ3v) is 9.00. The van der Waals surface area contributed by atoms with Crippen molar-refractivity contribution in [1.29, 1.82) is 0 Å². The minimum Gasteiger partial charge on any atom is -0.398 e. The molecule has 3 heterocycles. The normalized spacial score (nSPS) is 23.0. The Morgan fingerprint density at radius 2 is 1.97 bits per heavy atom. The van der Waals surface area contributed by atoms with E-state index >= 15 is 0 Å². The second-order valence-electron chi connectivity index (χ2n) is 10.2. The van der Waals surface area contributed by atoms with E-state index in [-0.39, 0.29) is 17.7 Å². The van der Waals surface area contributed by atoms with Gasteiger partial charge in [-0.15, -0.1) is 11.3 Å². The predicted octanol–water partition coefficient (Wildman–Crippen LogP) is 3.12. The van der Waals surface area contributed by atoms with Crippen LogP contribution in [-0.4, -0.2) is 35.8 Å². The fraction of sp³-hybridized carbons (Fsp3) is 0.276. The Balaban J connectivity index is 1.53. The second kappa shape index (κ2) is 9.28. The highest BCUT2D eigenvalue weighted by Crippen LogP contribution is 2.50. The standard InChI is InChI=1S/C29H30N6O2S/c1-15-13-34-21(16-6-3-2-4-7-16)12-19(15)29(32)18-9-10-20(30)25-22(18)23(24(31)27(29)36)26(38-25)28(37)35-17-8-5-11-33-14-17/h2-4,6-7,9-10,12-13,17,24,33H,5,8,11,14,30-32H2,1H3,(H,35,37). The summed E-state index contributed by atoms with van der Waals surface area (Å²) in [5.41, 5.74) is 23.3. The number of nitrogen functional groups attached to an aromatic ring is 1. The number of carbonyl (C=O) groups is 2. The number of carbonyl (C=O) groups excluding carboxylic acids is 2. The molecule has 2 aromatic heterocycles. The molecule has 9 heteroatoms. The number of nitrogens with one attached hydrogen (secondary N) is 2. The molecule has 6 rings (SSSR count). The van der Waals surface area contributed by atoms with Gasteiger partial charge in [0, 0.05) is 41.0 Å². The van der Waals surface area contributed by atoms with E-state index in [2.05, 4.69) is 15.6 Å². The molecule has 1 aliphatic carbocycles. The Morgan fingerprint density at radius 3 is 2.71 bits per heavy atom. The maximum atomic E-state index is 14.2. The number of benzene rings is 2. The van der Waals surface area contributed by atoms with E-state index < -0.39 is 11.6 Å². The highest BCUT2D eigenvalue weighted by Gasteiger charge is 2.49. The second-order valence-corrected chi connectivity index (χ2v) is 11.2. The largest absolute Gasteiger partial charge is 0.398 e. The highest BCUT2D eigenvalue weighted by molar-refractivity contribution is 7.21. The Hall–Kier alpha value is -3.63. The van der Waals surface area contributed by atoms with Crippen molar-refractivity contribution < 1.29 is 9.59 Å². The molecule has 0 radical (unpaired) electrons. The van der Waals surface area contributed by atoms with Gasteiger partial charge >= 0.3 is 0 Å². The molecular formula is C29H30N6O2S. The number of amides is 1. The predicted molar refractivity (Wildman–Crippen MR) is 151 cm³/mol. The lowest BCUT2D eigenvalue weighted by atomic mass is 9.69. The Labute approximate surface area is 224 Å². The first-order valence-corrected chi connectivity index (χ1v) is 13.6. The number of piperidine rings is 1. The van der Waals surface area contributed by atoms with Crippen LogP contribution in [-0.2, 0) is 10.3 Å². The summed E-state index contributed by atoms with van der Waals surface area (Å²) >= 11 is 1.27. The van der Waals surface area contributed by atoms with E-state index in [4.69, 9.17) is 17.2 Å². The van der Waals surface area contributed by atoms with Crippen LogP contribution in [0.5, 0.6) is 0 Å². The molecule has 3 atom stereocenters. The van der Waals surface area contributed by atoms with Gasteiger partial charge < -0.3 is 27.8 Å². The molecule has 38 heavy (non-hydrogen) atoms. The summed E-state index contributed by atoms with van der Waals surface area (Å²) in [6.45, 7) is 3.54. The number of nitrogens with two attached hydrogens (primary N) is 3. The van der Waals surface area contributed by atoms with Gasteiger partial charge in [0.1, 0.15) is 5.54 Å². The molecule has 8 nitrogen and oxygen atoms in total. The maximum absolute atomic E-state index is 14.2. The first-order chi connectivity index (χ1) is 18.3. The zero-order valence-corrected chi connectivity index (χ0v) is 21.9. The van der Waals surface area contributed by atoms with E-state index in [1.165, 1.54) is 11.3 Å². The van der Waals surface area contributed by atoms with Gasteiger partial charge in [-0.1, -0.05) is 36.4 Å². The number of nitrogens with zero attached hydrogens (tertiary/aromatic N) is 1. The van der Waals surface area contributed by atoms with Crippen LogP contribution in [0.1, 0.15) is 50.8 Å². The quantitative estimate of drug-likeness (QED) is 0.257. The molecule has 194 valence electrons. The average Bonchev–Trinajstić information content (AvgIpc) is 3.35. The number of Topliss-reactive ketones (excluding diaryl/α,β-unsaturated/α-hetero) is 1. The fourth-order valence-electron chi connectivity index (χ4n) is 5.77. The van der Waals surface area contributed by atoms with Crippen LogP contribution < -0.4 is 27.8 Å². The molecule has 1 fully saturated rings. The molecule has 0 bridgehead atoms. The number of ketones is 1. The lowest BCUT2D eigenvalue weighted by Crippen LogP contribution is -2.53. The summed E-state index contributed by atoms with van der Waals surface area (Å²) in [6, 6.07) is 14.1. The monoisotopic (exact) mass is 526 g/mol. The first-order valence-electron chi connectivity index (χ1n) is 12.8. The SMILES string of the molecule is Cc1cnc(-c2ccccc2)cc1C1(N)C(=O)C(N)c2c(C(=O)NC3CCCNC3)sc3c(N)ccc1c23. The summed E-state index contributed by atoms with van der Waals surface area (Å²) in [6.07, 6.45) is 3.62. The number of rotatable bonds is 4. The van der Waals surface area contributed by atoms with Gasteiger partial charge in [-0.3, -0.25) is 14.6 Å². The first kappa shape index (κ1) is 24.7. The Morgan fingerprint density at radius 1 is 1.18 bits per heavy atom. The number of hydrogen-bond acceptors (Lipinski definition) is 8. The maximum Gasteiger partial charge on any atom is 0.262 e. The van der Waals surface area contributed by atoms with Gasteiger partial charge in [-0.2, -0.15) is 0 Å². The van der Waals surface area contributed by atoms with Crippen LogP contribution in [0.3, 0.4) is 0 Å².